The highest BCUT2D eigenvalue weighted by Crippen LogP contribution is 2.31. The van der Waals surface area contributed by atoms with E-state index in [1.54, 1.807) is 6.07 Å². The van der Waals surface area contributed by atoms with Gasteiger partial charge in [0.05, 0.1) is 5.69 Å². The van der Waals surface area contributed by atoms with Crippen LogP contribution in [0, 0.1) is 17.1 Å². The van der Waals surface area contributed by atoms with Crippen LogP contribution in [0.3, 0.4) is 0 Å². The zero-order chi connectivity index (χ0) is 16.5. The van der Waals surface area contributed by atoms with Crippen molar-refractivity contribution in [1.29, 1.82) is 5.26 Å². The van der Waals surface area contributed by atoms with E-state index >= 15 is 0 Å². The van der Waals surface area contributed by atoms with Crippen LogP contribution < -0.4 is 16.2 Å². The van der Waals surface area contributed by atoms with E-state index in [0.717, 1.165) is 12.1 Å². The number of benzene rings is 1. The first-order valence-corrected chi connectivity index (χ1v) is 5.60. The molecule has 1 aromatic heterocycles. The predicted molar refractivity (Wildman–Crippen MR) is 67.6 cm³/mol. The Morgan fingerprint density at radius 2 is 1.86 bits per heavy atom. The molecule has 4 N–H and O–H groups in total. The molecule has 0 unspecified atom stereocenters. The van der Waals surface area contributed by atoms with Crippen molar-refractivity contribution in [2.45, 2.75) is 6.36 Å². The maximum Gasteiger partial charge on any atom is 0.573 e. The van der Waals surface area contributed by atoms with E-state index < -0.39 is 17.9 Å². The fourth-order valence-corrected chi connectivity index (χ4v) is 1.69. The quantitative estimate of drug-likeness (QED) is 0.822. The molecule has 1 heterocycles. The van der Waals surface area contributed by atoms with Crippen molar-refractivity contribution in [3.8, 4) is 23.1 Å². The second kappa shape index (κ2) is 5.36. The van der Waals surface area contributed by atoms with Gasteiger partial charge in [0.15, 0.2) is 0 Å². The number of hydrogen-bond acceptors (Lipinski definition) is 6. The van der Waals surface area contributed by atoms with E-state index in [1.165, 1.54) is 0 Å². The Morgan fingerprint density at radius 1 is 1.18 bits per heavy atom. The zero-order valence-electron chi connectivity index (χ0n) is 10.6. The summed E-state index contributed by atoms with van der Waals surface area (Å²) < 4.78 is 53.8. The summed E-state index contributed by atoms with van der Waals surface area (Å²) in [4.78, 5) is 7.25. The Hall–Kier alpha value is -3.09. The number of halogens is 4. The van der Waals surface area contributed by atoms with Crippen LogP contribution in [0.15, 0.2) is 18.2 Å². The first-order chi connectivity index (χ1) is 10.2. The number of rotatable bonds is 2. The Labute approximate surface area is 121 Å². The molecule has 0 aliphatic heterocycles. The van der Waals surface area contributed by atoms with Crippen LogP contribution in [0.25, 0.3) is 11.3 Å². The molecular weight excluding hydrogens is 306 g/mol. The van der Waals surface area contributed by atoms with E-state index in [2.05, 4.69) is 14.7 Å². The molecule has 2 rings (SSSR count). The second-order valence-corrected chi connectivity index (χ2v) is 3.99. The van der Waals surface area contributed by atoms with Crippen LogP contribution >= 0.6 is 0 Å². The number of aromatic nitrogens is 2. The lowest BCUT2D eigenvalue weighted by atomic mass is 10.1. The summed E-state index contributed by atoms with van der Waals surface area (Å²) in [6, 6.07) is 4.05. The molecule has 0 saturated heterocycles. The molecule has 0 aliphatic carbocycles. The molecule has 0 radical (unpaired) electrons. The van der Waals surface area contributed by atoms with Gasteiger partial charge in [-0.25, -0.2) is 9.37 Å². The maximum absolute atomic E-state index is 14.0. The molecule has 0 bridgehead atoms. The Balaban J connectivity index is 2.54. The summed E-state index contributed by atoms with van der Waals surface area (Å²) in [5.74, 6) is -2.40. The largest absolute Gasteiger partial charge is 0.573 e. The highest BCUT2D eigenvalue weighted by molar-refractivity contribution is 5.73. The molecule has 0 spiro atoms. The van der Waals surface area contributed by atoms with Crippen molar-refractivity contribution in [3.05, 3.63) is 29.6 Å². The standard InChI is InChI=1S/C12H7F4N5O/c13-8-3-5(22-12(14,15)16)1-2-6(8)9-7(4-17)10(18)21-11(19)20-9/h1-3H,(H4,18,19,20,21). The van der Waals surface area contributed by atoms with Crippen LogP contribution in [0.1, 0.15) is 5.56 Å². The van der Waals surface area contributed by atoms with E-state index in [1.807, 2.05) is 0 Å². The van der Waals surface area contributed by atoms with Crippen LogP contribution in [0.4, 0.5) is 29.3 Å². The number of nitrogens with zero attached hydrogens (tertiary/aromatic N) is 3. The van der Waals surface area contributed by atoms with Gasteiger partial charge in [-0.05, 0) is 12.1 Å². The van der Waals surface area contributed by atoms with E-state index in [0.29, 0.717) is 6.07 Å². The van der Waals surface area contributed by atoms with Crippen molar-refractivity contribution in [2.75, 3.05) is 11.5 Å². The van der Waals surface area contributed by atoms with Crippen molar-refractivity contribution < 1.29 is 22.3 Å². The van der Waals surface area contributed by atoms with Crippen molar-refractivity contribution in [1.82, 2.24) is 9.97 Å². The number of hydrogen-bond donors (Lipinski definition) is 2. The fourth-order valence-electron chi connectivity index (χ4n) is 1.69. The van der Waals surface area contributed by atoms with Gasteiger partial charge in [0, 0.05) is 11.6 Å². The van der Waals surface area contributed by atoms with Crippen LogP contribution in [0.2, 0.25) is 0 Å². The summed E-state index contributed by atoms with van der Waals surface area (Å²) in [5.41, 5.74) is 10.1. The van der Waals surface area contributed by atoms with Gasteiger partial charge in [-0.15, -0.1) is 13.2 Å². The molecule has 0 saturated carbocycles. The molecule has 1 aromatic carbocycles. The van der Waals surface area contributed by atoms with Gasteiger partial charge in [0.2, 0.25) is 5.95 Å². The Bertz CT molecular complexity index is 769. The smallest absolute Gasteiger partial charge is 0.406 e. The molecule has 6 nitrogen and oxygen atoms in total. The van der Waals surface area contributed by atoms with Gasteiger partial charge in [-0.2, -0.15) is 10.2 Å². The average Bonchev–Trinajstić information content (AvgIpc) is 2.36. The number of nitrogens with two attached hydrogens (primary N) is 2. The van der Waals surface area contributed by atoms with Crippen LogP contribution in [-0.2, 0) is 0 Å². The van der Waals surface area contributed by atoms with Gasteiger partial charge in [-0.1, -0.05) is 0 Å². The third-order valence-corrected chi connectivity index (χ3v) is 2.50. The number of anilines is 2. The van der Waals surface area contributed by atoms with Gasteiger partial charge in [-0.3, -0.25) is 0 Å². The highest BCUT2D eigenvalue weighted by atomic mass is 19.4. The number of ether oxygens (including phenoxy) is 1. The number of nitriles is 1. The van der Waals surface area contributed by atoms with E-state index in [9.17, 15) is 17.6 Å². The molecule has 2 aromatic rings. The second-order valence-electron chi connectivity index (χ2n) is 3.99. The molecule has 0 aliphatic rings. The van der Waals surface area contributed by atoms with Gasteiger partial charge in [0.1, 0.15) is 29.0 Å². The third-order valence-electron chi connectivity index (χ3n) is 2.50. The Morgan fingerprint density at radius 3 is 2.41 bits per heavy atom. The molecule has 0 atom stereocenters. The summed E-state index contributed by atoms with van der Waals surface area (Å²) in [6.45, 7) is 0. The molecule has 114 valence electrons. The minimum Gasteiger partial charge on any atom is -0.406 e. The lowest BCUT2D eigenvalue weighted by Gasteiger charge is -2.11. The lowest BCUT2D eigenvalue weighted by Crippen LogP contribution is -2.17. The lowest BCUT2D eigenvalue weighted by molar-refractivity contribution is -0.274. The van der Waals surface area contributed by atoms with Gasteiger partial charge in [0.25, 0.3) is 0 Å². The minimum atomic E-state index is -4.95. The van der Waals surface area contributed by atoms with Crippen molar-refractivity contribution in [2.24, 2.45) is 0 Å². The first-order valence-electron chi connectivity index (χ1n) is 5.60. The predicted octanol–water partition coefficient (Wildman–Crippen LogP) is 2.22. The minimum absolute atomic E-state index is 0.219. The molecule has 10 heteroatoms. The first kappa shape index (κ1) is 15.3. The van der Waals surface area contributed by atoms with Crippen molar-refractivity contribution >= 4 is 11.8 Å². The topological polar surface area (TPSA) is 111 Å². The monoisotopic (exact) mass is 313 g/mol. The normalized spacial score (nSPS) is 11.0. The van der Waals surface area contributed by atoms with Crippen molar-refractivity contribution in [3.63, 3.8) is 0 Å². The molecule has 0 fully saturated rings. The third kappa shape index (κ3) is 3.14. The molecular formula is C12H7F4N5O. The highest BCUT2D eigenvalue weighted by Gasteiger charge is 2.31. The molecule has 0 amide bonds. The van der Waals surface area contributed by atoms with E-state index in [-0.39, 0.29) is 28.6 Å². The number of alkyl halides is 3. The van der Waals surface area contributed by atoms with E-state index in [4.69, 9.17) is 16.7 Å². The SMILES string of the molecule is N#Cc1c(N)nc(N)nc1-c1ccc(OC(F)(F)F)cc1F. The van der Waals surface area contributed by atoms with Gasteiger partial charge < -0.3 is 16.2 Å². The number of nitrogen functional groups attached to an aromatic ring is 2. The summed E-state index contributed by atoms with van der Waals surface area (Å²) >= 11 is 0. The maximum atomic E-state index is 14.0. The molecule has 22 heavy (non-hydrogen) atoms. The van der Waals surface area contributed by atoms with Crippen LogP contribution in [-0.4, -0.2) is 16.3 Å². The van der Waals surface area contributed by atoms with Crippen LogP contribution in [0.5, 0.6) is 5.75 Å². The zero-order valence-corrected chi connectivity index (χ0v) is 10.6. The van der Waals surface area contributed by atoms with Gasteiger partial charge >= 0.3 is 6.36 Å². The summed E-state index contributed by atoms with van der Waals surface area (Å²) in [5, 5.41) is 9.00. The Kier molecular flexibility index (Phi) is 3.73. The summed E-state index contributed by atoms with van der Waals surface area (Å²) in [7, 11) is 0. The fraction of sp³-hybridized carbons (Fsp3) is 0.0833. The summed E-state index contributed by atoms with van der Waals surface area (Å²) in [6.07, 6.45) is -4.95. The average molecular weight is 313 g/mol.